The van der Waals surface area contributed by atoms with Gasteiger partial charge in [0.25, 0.3) is 0 Å². The van der Waals surface area contributed by atoms with Crippen molar-refractivity contribution in [2.24, 2.45) is 5.92 Å². The van der Waals surface area contributed by atoms with Crippen molar-refractivity contribution in [3.8, 4) is 11.1 Å². The predicted octanol–water partition coefficient (Wildman–Crippen LogP) is 10.5. The van der Waals surface area contributed by atoms with E-state index < -0.39 is 0 Å². The molecule has 38 heavy (non-hydrogen) atoms. The highest BCUT2D eigenvalue weighted by molar-refractivity contribution is 5.89. The van der Waals surface area contributed by atoms with Gasteiger partial charge in [-0.3, -0.25) is 0 Å². The normalized spacial score (nSPS) is 20.1. The molecule has 0 heterocycles. The van der Waals surface area contributed by atoms with Crippen LogP contribution in [0, 0.1) is 26.7 Å². The minimum absolute atomic E-state index is 0.483. The van der Waals surface area contributed by atoms with Crippen LogP contribution in [-0.2, 0) is 0 Å². The van der Waals surface area contributed by atoms with E-state index in [1.807, 2.05) is 0 Å². The van der Waals surface area contributed by atoms with Gasteiger partial charge < -0.3 is 0 Å². The Morgan fingerprint density at radius 1 is 0.632 bits per heavy atom. The van der Waals surface area contributed by atoms with Crippen molar-refractivity contribution < 1.29 is 0 Å². The summed E-state index contributed by atoms with van der Waals surface area (Å²) in [5, 5.41) is 2.63. The van der Waals surface area contributed by atoms with Gasteiger partial charge in [-0.25, -0.2) is 0 Å². The first-order valence-corrected chi connectivity index (χ1v) is 14.2. The molecule has 1 aliphatic carbocycles. The van der Waals surface area contributed by atoms with E-state index in [1.54, 1.807) is 0 Å². The second-order valence-electron chi connectivity index (χ2n) is 11.6. The fourth-order valence-corrected chi connectivity index (χ4v) is 7.26. The Labute approximate surface area is 228 Å². The number of benzene rings is 5. The second kappa shape index (κ2) is 10.3. The van der Waals surface area contributed by atoms with Crippen molar-refractivity contribution in [2.75, 3.05) is 0 Å². The van der Waals surface area contributed by atoms with Crippen LogP contribution in [0.15, 0.2) is 109 Å². The molecule has 0 bridgehead atoms. The molecule has 1 saturated carbocycles. The Kier molecular flexibility index (Phi) is 6.66. The van der Waals surface area contributed by atoms with E-state index in [9.17, 15) is 0 Å². The Morgan fingerprint density at radius 2 is 1.29 bits per heavy atom. The lowest BCUT2D eigenvalue weighted by Gasteiger charge is -2.29. The van der Waals surface area contributed by atoms with E-state index in [4.69, 9.17) is 0 Å². The fourth-order valence-electron chi connectivity index (χ4n) is 7.26. The zero-order chi connectivity index (χ0) is 26.2. The zero-order valence-electron chi connectivity index (χ0n) is 23.1. The molecule has 5 aromatic rings. The molecule has 0 nitrogen and oxygen atoms in total. The number of fused-ring (bicyclic) bond motifs is 1. The zero-order valence-corrected chi connectivity index (χ0v) is 23.1. The smallest absolute Gasteiger partial charge is 0.0122 e. The maximum Gasteiger partial charge on any atom is -0.0122 e. The summed E-state index contributed by atoms with van der Waals surface area (Å²) >= 11 is 0. The molecule has 0 N–H and O–H groups in total. The fraction of sp³-hybridized carbons (Fsp3) is 0.263. The Morgan fingerprint density at radius 3 is 2.03 bits per heavy atom. The average Bonchev–Trinajstić information content (AvgIpc) is 3.40. The van der Waals surface area contributed by atoms with Crippen LogP contribution in [0.1, 0.15) is 70.9 Å². The molecule has 0 amide bonds. The van der Waals surface area contributed by atoms with Gasteiger partial charge >= 0.3 is 0 Å². The molecular formula is C38H38. The summed E-state index contributed by atoms with van der Waals surface area (Å²) < 4.78 is 0. The van der Waals surface area contributed by atoms with Crippen LogP contribution in [0.3, 0.4) is 0 Å². The van der Waals surface area contributed by atoms with Crippen molar-refractivity contribution in [2.45, 2.75) is 58.3 Å². The third-order valence-corrected chi connectivity index (χ3v) is 9.24. The molecule has 0 aromatic heterocycles. The quantitative estimate of drug-likeness (QED) is 0.228. The van der Waals surface area contributed by atoms with Crippen LogP contribution in [0.25, 0.3) is 21.9 Å². The molecule has 0 heteroatoms. The summed E-state index contributed by atoms with van der Waals surface area (Å²) in [7, 11) is 0. The second-order valence-corrected chi connectivity index (χ2v) is 11.6. The first-order chi connectivity index (χ1) is 18.5. The average molecular weight is 495 g/mol. The highest BCUT2D eigenvalue weighted by Gasteiger charge is 2.39. The molecule has 190 valence electrons. The summed E-state index contributed by atoms with van der Waals surface area (Å²) in [5.74, 6) is 2.28. The molecule has 0 radical (unpaired) electrons. The monoisotopic (exact) mass is 494 g/mol. The van der Waals surface area contributed by atoms with Crippen molar-refractivity contribution in [1.29, 1.82) is 0 Å². The van der Waals surface area contributed by atoms with Gasteiger partial charge in [-0.05, 0) is 113 Å². The molecule has 5 aromatic carbocycles. The minimum atomic E-state index is 0.483. The van der Waals surface area contributed by atoms with E-state index in [0.717, 1.165) is 0 Å². The van der Waals surface area contributed by atoms with E-state index in [-0.39, 0.29) is 0 Å². The van der Waals surface area contributed by atoms with Gasteiger partial charge in [0, 0.05) is 0 Å². The molecule has 6 rings (SSSR count). The van der Waals surface area contributed by atoms with Crippen molar-refractivity contribution in [3.05, 3.63) is 143 Å². The predicted molar refractivity (Wildman–Crippen MR) is 163 cm³/mol. The molecule has 4 atom stereocenters. The van der Waals surface area contributed by atoms with Gasteiger partial charge in [0.15, 0.2) is 0 Å². The van der Waals surface area contributed by atoms with Gasteiger partial charge in [-0.1, -0.05) is 116 Å². The molecule has 1 aliphatic rings. The highest BCUT2D eigenvalue weighted by atomic mass is 14.4. The first-order valence-electron chi connectivity index (χ1n) is 14.2. The highest BCUT2D eigenvalue weighted by Crippen LogP contribution is 2.53. The van der Waals surface area contributed by atoms with Crippen LogP contribution in [0.2, 0.25) is 0 Å². The third kappa shape index (κ3) is 4.58. The molecule has 0 aliphatic heterocycles. The van der Waals surface area contributed by atoms with Gasteiger partial charge in [0.2, 0.25) is 0 Å². The van der Waals surface area contributed by atoms with Crippen LogP contribution >= 0.6 is 0 Å². The topological polar surface area (TPSA) is 0 Å². The number of hydrogen-bond donors (Lipinski definition) is 0. The minimum Gasteiger partial charge on any atom is -0.0622 e. The van der Waals surface area contributed by atoms with E-state index in [0.29, 0.717) is 23.7 Å². The van der Waals surface area contributed by atoms with Crippen LogP contribution in [0.4, 0.5) is 0 Å². The van der Waals surface area contributed by atoms with Crippen molar-refractivity contribution in [1.82, 2.24) is 0 Å². The van der Waals surface area contributed by atoms with Crippen molar-refractivity contribution in [3.63, 3.8) is 0 Å². The maximum absolute atomic E-state index is 2.48. The largest absolute Gasteiger partial charge is 0.0622 e. The molecular weight excluding hydrogens is 456 g/mol. The Balaban J connectivity index is 1.39. The van der Waals surface area contributed by atoms with Gasteiger partial charge in [-0.15, -0.1) is 0 Å². The summed E-state index contributed by atoms with van der Waals surface area (Å²) in [4.78, 5) is 0. The maximum atomic E-state index is 2.48. The number of hydrogen-bond acceptors (Lipinski definition) is 0. The lowest BCUT2D eigenvalue weighted by Crippen LogP contribution is -2.15. The summed E-state index contributed by atoms with van der Waals surface area (Å²) in [6.07, 6.45) is 2.47. The van der Waals surface area contributed by atoms with Gasteiger partial charge in [-0.2, -0.15) is 0 Å². The Bertz CT molecular complexity index is 1560. The van der Waals surface area contributed by atoms with Crippen LogP contribution in [0.5, 0.6) is 0 Å². The summed E-state index contributed by atoms with van der Waals surface area (Å²) in [6.45, 7) is 9.28. The molecule has 0 saturated heterocycles. The Hall–Kier alpha value is -3.64. The molecule has 0 spiro atoms. The van der Waals surface area contributed by atoms with E-state index >= 15 is 0 Å². The SMILES string of the molecule is Cc1ccc2cc(-c3c(C)ccc(C(C)C4CC(c5ccccc5)CC4c4ccccc4)c3C)ccc2c1. The standard InChI is InChI=1S/C38H38/c1-25-15-17-32-22-33(19-18-31(32)21-25)38-26(2)16-20-35(28(38)4)27(3)36-23-34(29-11-7-5-8-12-29)24-37(36)30-13-9-6-10-14-30/h5-22,27,34,36-37H,23-24H2,1-4H3. The van der Waals surface area contributed by atoms with Crippen LogP contribution < -0.4 is 0 Å². The summed E-state index contributed by atoms with van der Waals surface area (Å²) in [5.41, 5.74) is 11.4. The van der Waals surface area contributed by atoms with E-state index in [2.05, 4.69) is 137 Å². The lowest BCUT2D eigenvalue weighted by atomic mass is 9.75. The first kappa shape index (κ1) is 24.7. The van der Waals surface area contributed by atoms with Gasteiger partial charge in [0.05, 0.1) is 0 Å². The number of rotatable bonds is 5. The van der Waals surface area contributed by atoms with Crippen LogP contribution in [-0.4, -0.2) is 0 Å². The summed E-state index contributed by atoms with van der Waals surface area (Å²) in [6, 6.07) is 41.0. The van der Waals surface area contributed by atoms with Gasteiger partial charge in [0.1, 0.15) is 0 Å². The van der Waals surface area contributed by atoms with E-state index in [1.165, 1.54) is 68.1 Å². The molecule has 4 unspecified atom stereocenters. The van der Waals surface area contributed by atoms with Crippen molar-refractivity contribution >= 4 is 10.8 Å². The number of aryl methyl sites for hydroxylation is 2. The molecule has 1 fully saturated rings. The lowest BCUT2D eigenvalue weighted by molar-refractivity contribution is 0.410. The third-order valence-electron chi connectivity index (χ3n) is 9.24.